The van der Waals surface area contributed by atoms with Crippen molar-refractivity contribution in [3.63, 3.8) is 0 Å². The summed E-state index contributed by atoms with van der Waals surface area (Å²) in [4.78, 5) is 27.4. The number of anilines is 1. The van der Waals surface area contributed by atoms with Crippen molar-refractivity contribution in [3.8, 4) is 0 Å². The number of rotatable bonds is 3. The molecule has 0 unspecified atom stereocenters. The van der Waals surface area contributed by atoms with Gasteiger partial charge < -0.3 is 20.6 Å². The molecule has 0 aromatic heterocycles. The van der Waals surface area contributed by atoms with Crippen LogP contribution in [0.3, 0.4) is 0 Å². The number of nitrogens with zero attached hydrogens (tertiary/aromatic N) is 1. The van der Waals surface area contributed by atoms with Gasteiger partial charge in [-0.25, -0.2) is 4.79 Å². The van der Waals surface area contributed by atoms with E-state index >= 15 is 0 Å². The molecule has 1 aliphatic carbocycles. The minimum absolute atomic E-state index is 0.0231. The highest BCUT2D eigenvalue weighted by molar-refractivity contribution is 6.03. The summed E-state index contributed by atoms with van der Waals surface area (Å²) in [5, 5.41) is 15.4. The second-order valence-corrected chi connectivity index (χ2v) is 8.31. The van der Waals surface area contributed by atoms with Gasteiger partial charge in [0.05, 0.1) is 17.4 Å². The smallest absolute Gasteiger partial charge is 0.319 e. The van der Waals surface area contributed by atoms with Crippen molar-refractivity contribution in [1.82, 2.24) is 10.2 Å². The fourth-order valence-corrected chi connectivity index (χ4v) is 4.34. The van der Waals surface area contributed by atoms with Crippen molar-refractivity contribution < 1.29 is 14.7 Å². The van der Waals surface area contributed by atoms with Gasteiger partial charge in [-0.2, -0.15) is 0 Å². The summed E-state index contributed by atoms with van der Waals surface area (Å²) in [6.45, 7) is 5.87. The van der Waals surface area contributed by atoms with Crippen LogP contribution in [0, 0.1) is 11.8 Å². The molecule has 6 nitrogen and oxygen atoms in total. The average Bonchev–Trinajstić information content (AvgIpc) is 2.63. The van der Waals surface area contributed by atoms with Crippen molar-refractivity contribution in [2.45, 2.75) is 58.1 Å². The molecule has 1 aromatic carbocycles. The van der Waals surface area contributed by atoms with Crippen LogP contribution in [0.15, 0.2) is 24.3 Å². The number of hydrogen-bond donors (Lipinski definition) is 3. The summed E-state index contributed by atoms with van der Waals surface area (Å²) in [7, 11) is 0. The maximum atomic E-state index is 13.0. The number of carbonyl (C=O) groups is 2. The Morgan fingerprint density at radius 1 is 1.04 bits per heavy atom. The SMILES string of the molecule is C[C@H]1C[C@H](C)CN(C(=O)c2ccccc2NC(=O)NC2CCC(O)CC2)C1. The third kappa shape index (κ3) is 5.22. The van der Waals surface area contributed by atoms with Gasteiger partial charge in [0.2, 0.25) is 0 Å². The summed E-state index contributed by atoms with van der Waals surface area (Å²) in [5.74, 6) is 0.954. The van der Waals surface area contributed by atoms with E-state index in [0.717, 1.165) is 32.4 Å². The van der Waals surface area contributed by atoms with Gasteiger partial charge in [-0.05, 0) is 56.1 Å². The standard InChI is InChI=1S/C21H31N3O3/c1-14-11-15(2)13-24(12-14)20(26)18-5-3-4-6-19(18)23-21(27)22-16-7-9-17(25)10-8-16/h3-6,14-17,25H,7-13H2,1-2H3,(H2,22,23,27)/t14-,15-,16?,17?/m0/s1. The largest absolute Gasteiger partial charge is 0.393 e. The molecule has 0 radical (unpaired) electrons. The molecule has 1 saturated carbocycles. The number of aliphatic hydroxyl groups excluding tert-OH is 1. The molecular weight excluding hydrogens is 342 g/mol. The predicted octanol–water partition coefficient (Wildman–Crippen LogP) is 3.23. The Hall–Kier alpha value is -2.08. The van der Waals surface area contributed by atoms with Crippen molar-refractivity contribution >= 4 is 17.6 Å². The Morgan fingerprint density at radius 3 is 2.33 bits per heavy atom. The number of amides is 3. The zero-order valence-electron chi connectivity index (χ0n) is 16.3. The molecule has 6 heteroatoms. The molecule has 2 fully saturated rings. The van der Waals surface area contributed by atoms with Gasteiger partial charge in [-0.1, -0.05) is 26.0 Å². The molecule has 0 bridgehead atoms. The van der Waals surface area contributed by atoms with Crippen molar-refractivity contribution in [2.24, 2.45) is 11.8 Å². The highest BCUT2D eigenvalue weighted by Gasteiger charge is 2.28. The van der Waals surface area contributed by atoms with Crippen LogP contribution in [0.25, 0.3) is 0 Å². The molecule has 3 N–H and O–H groups in total. The van der Waals surface area contributed by atoms with Crippen LogP contribution in [-0.4, -0.2) is 47.2 Å². The molecule has 27 heavy (non-hydrogen) atoms. The number of piperidine rings is 1. The van der Waals surface area contributed by atoms with Gasteiger partial charge in [0.25, 0.3) is 5.91 Å². The average molecular weight is 373 g/mol. The van der Waals surface area contributed by atoms with Crippen LogP contribution < -0.4 is 10.6 Å². The molecule has 0 spiro atoms. The maximum absolute atomic E-state index is 13.0. The lowest BCUT2D eigenvalue weighted by molar-refractivity contribution is 0.0624. The summed E-state index contributed by atoms with van der Waals surface area (Å²) >= 11 is 0. The number of aliphatic hydroxyl groups is 1. The number of carbonyl (C=O) groups excluding carboxylic acids is 2. The Morgan fingerprint density at radius 2 is 1.67 bits per heavy atom. The van der Waals surface area contributed by atoms with Gasteiger partial charge in [0.1, 0.15) is 0 Å². The predicted molar refractivity (Wildman–Crippen MR) is 106 cm³/mol. The zero-order chi connectivity index (χ0) is 19.4. The van der Waals surface area contributed by atoms with E-state index in [0.29, 0.717) is 35.9 Å². The van der Waals surface area contributed by atoms with Crippen LogP contribution in [-0.2, 0) is 0 Å². The quantitative estimate of drug-likeness (QED) is 0.761. The van der Waals surface area contributed by atoms with E-state index in [1.165, 1.54) is 0 Å². The first kappa shape index (κ1) is 19.7. The van der Waals surface area contributed by atoms with E-state index in [1.54, 1.807) is 12.1 Å². The third-order valence-electron chi connectivity index (χ3n) is 5.59. The summed E-state index contributed by atoms with van der Waals surface area (Å²) in [6, 6.07) is 6.98. The molecule has 3 amide bonds. The Balaban J connectivity index is 1.65. The minimum atomic E-state index is -0.294. The number of hydrogen-bond acceptors (Lipinski definition) is 3. The van der Waals surface area contributed by atoms with Crippen LogP contribution in [0.5, 0.6) is 0 Å². The van der Waals surface area contributed by atoms with E-state index in [-0.39, 0.29) is 24.1 Å². The van der Waals surface area contributed by atoms with E-state index in [1.807, 2.05) is 17.0 Å². The van der Waals surface area contributed by atoms with Crippen LogP contribution in [0.1, 0.15) is 56.3 Å². The number of para-hydroxylation sites is 1. The second-order valence-electron chi connectivity index (χ2n) is 8.31. The van der Waals surface area contributed by atoms with Crippen molar-refractivity contribution in [2.75, 3.05) is 18.4 Å². The van der Waals surface area contributed by atoms with Gasteiger partial charge in [-0.3, -0.25) is 4.79 Å². The van der Waals surface area contributed by atoms with E-state index in [9.17, 15) is 14.7 Å². The molecule has 2 atom stereocenters. The topological polar surface area (TPSA) is 81.7 Å². The maximum Gasteiger partial charge on any atom is 0.319 e. The number of benzene rings is 1. The first-order valence-electron chi connectivity index (χ1n) is 10.1. The zero-order valence-corrected chi connectivity index (χ0v) is 16.3. The second kappa shape index (κ2) is 8.74. The molecule has 148 valence electrons. The minimum Gasteiger partial charge on any atom is -0.393 e. The summed E-state index contributed by atoms with van der Waals surface area (Å²) in [6.07, 6.45) is 3.87. The molecule has 3 rings (SSSR count). The lowest BCUT2D eigenvalue weighted by Crippen LogP contribution is -2.43. The monoisotopic (exact) mass is 373 g/mol. The molecule has 2 aliphatic rings. The highest BCUT2D eigenvalue weighted by Crippen LogP contribution is 2.25. The lowest BCUT2D eigenvalue weighted by Gasteiger charge is -2.35. The Bertz CT molecular complexity index is 660. The van der Waals surface area contributed by atoms with Crippen molar-refractivity contribution in [1.29, 1.82) is 0 Å². The first-order chi connectivity index (χ1) is 12.9. The normalized spacial score (nSPS) is 28.5. The number of likely N-dealkylation sites (tertiary alicyclic amines) is 1. The molecule has 1 saturated heterocycles. The third-order valence-corrected chi connectivity index (χ3v) is 5.59. The Labute approximate surface area is 161 Å². The van der Waals surface area contributed by atoms with Gasteiger partial charge in [0, 0.05) is 19.1 Å². The Kier molecular flexibility index (Phi) is 6.37. The van der Waals surface area contributed by atoms with Gasteiger partial charge in [0.15, 0.2) is 0 Å². The summed E-state index contributed by atoms with van der Waals surface area (Å²) in [5.41, 5.74) is 1.08. The molecule has 1 aromatic rings. The molecular formula is C21H31N3O3. The number of urea groups is 1. The molecule has 1 heterocycles. The van der Waals surface area contributed by atoms with Gasteiger partial charge >= 0.3 is 6.03 Å². The molecule has 1 aliphatic heterocycles. The lowest BCUT2D eigenvalue weighted by atomic mass is 9.91. The fourth-order valence-electron chi connectivity index (χ4n) is 4.34. The van der Waals surface area contributed by atoms with E-state index in [4.69, 9.17) is 0 Å². The number of nitrogens with one attached hydrogen (secondary N) is 2. The highest BCUT2D eigenvalue weighted by atomic mass is 16.3. The summed E-state index contributed by atoms with van der Waals surface area (Å²) < 4.78 is 0. The van der Waals surface area contributed by atoms with Gasteiger partial charge in [-0.15, -0.1) is 0 Å². The van der Waals surface area contributed by atoms with Crippen LogP contribution in [0.2, 0.25) is 0 Å². The fraction of sp³-hybridized carbons (Fsp3) is 0.619. The van der Waals surface area contributed by atoms with Crippen LogP contribution in [0.4, 0.5) is 10.5 Å². The first-order valence-corrected chi connectivity index (χ1v) is 10.1. The van der Waals surface area contributed by atoms with Crippen LogP contribution >= 0.6 is 0 Å². The van der Waals surface area contributed by atoms with E-state index in [2.05, 4.69) is 24.5 Å². The van der Waals surface area contributed by atoms with E-state index < -0.39 is 0 Å². The van der Waals surface area contributed by atoms with Crippen molar-refractivity contribution in [3.05, 3.63) is 29.8 Å².